The summed E-state index contributed by atoms with van der Waals surface area (Å²) < 4.78 is 0. The standard InChI is InChI=1S/C10H15N3O3/c1-8(14)3-2-6-11-10-5-4-9(7-12-10)13(15)16/h4-5,7-8,14H,2-3,6H2,1H3,(H,11,12). The molecule has 6 heteroatoms. The third-order valence-corrected chi connectivity index (χ3v) is 2.06. The number of pyridine rings is 1. The van der Waals surface area contributed by atoms with E-state index in [-0.39, 0.29) is 11.8 Å². The van der Waals surface area contributed by atoms with E-state index in [4.69, 9.17) is 5.11 Å². The Morgan fingerprint density at radius 3 is 2.88 bits per heavy atom. The number of nitrogens with one attached hydrogen (secondary N) is 1. The molecule has 2 N–H and O–H groups in total. The van der Waals surface area contributed by atoms with E-state index < -0.39 is 4.92 Å². The third kappa shape index (κ3) is 4.22. The minimum absolute atomic E-state index is 0.0190. The molecule has 0 saturated carbocycles. The topological polar surface area (TPSA) is 88.3 Å². The fourth-order valence-electron chi connectivity index (χ4n) is 1.21. The molecule has 0 radical (unpaired) electrons. The number of hydrogen-bond donors (Lipinski definition) is 2. The highest BCUT2D eigenvalue weighted by Gasteiger charge is 2.04. The molecule has 1 aromatic rings. The van der Waals surface area contributed by atoms with Crippen molar-refractivity contribution in [2.24, 2.45) is 0 Å². The summed E-state index contributed by atoms with van der Waals surface area (Å²) in [6.07, 6.45) is 2.47. The molecule has 16 heavy (non-hydrogen) atoms. The molecule has 0 aliphatic heterocycles. The van der Waals surface area contributed by atoms with Crippen LogP contribution in [0.4, 0.5) is 11.5 Å². The van der Waals surface area contributed by atoms with Crippen LogP contribution in [0.1, 0.15) is 19.8 Å². The maximum absolute atomic E-state index is 10.4. The van der Waals surface area contributed by atoms with Crippen LogP contribution in [-0.4, -0.2) is 27.7 Å². The van der Waals surface area contributed by atoms with Crippen molar-refractivity contribution in [1.29, 1.82) is 0 Å². The second kappa shape index (κ2) is 6.02. The average Bonchev–Trinajstić information content (AvgIpc) is 2.25. The van der Waals surface area contributed by atoms with Gasteiger partial charge in [0.15, 0.2) is 0 Å². The lowest BCUT2D eigenvalue weighted by atomic mass is 10.2. The number of aliphatic hydroxyl groups excluding tert-OH is 1. The molecule has 1 rings (SSSR count). The maximum Gasteiger partial charge on any atom is 0.287 e. The lowest BCUT2D eigenvalue weighted by Gasteiger charge is -2.06. The van der Waals surface area contributed by atoms with Gasteiger partial charge in [0.05, 0.1) is 11.0 Å². The molecule has 0 spiro atoms. The molecule has 0 saturated heterocycles. The first-order valence-electron chi connectivity index (χ1n) is 5.12. The van der Waals surface area contributed by atoms with E-state index in [1.54, 1.807) is 13.0 Å². The van der Waals surface area contributed by atoms with Crippen molar-refractivity contribution in [3.8, 4) is 0 Å². The number of aromatic nitrogens is 1. The first-order valence-corrected chi connectivity index (χ1v) is 5.12. The summed E-state index contributed by atoms with van der Waals surface area (Å²) in [5.74, 6) is 0.608. The number of nitro groups is 1. The minimum atomic E-state index is -0.482. The van der Waals surface area contributed by atoms with Gasteiger partial charge in [-0.15, -0.1) is 0 Å². The predicted octanol–water partition coefficient (Wildman–Crippen LogP) is 1.56. The Hall–Kier alpha value is -1.69. The Kier molecular flexibility index (Phi) is 4.65. The van der Waals surface area contributed by atoms with Crippen molar-refractivity contribution in [3.63, 3.8) is 0 Å². The zero-order chi connectivity index (χ0) is 12.0. The fourth-order valence-corrected chi connectivity index (χ4v) is 1.21. The lowest BCUT2D eigenvalue weighted by molar-refractivity contribution is -0.385. The summed E-state index contributed by atoms with van der Waals surface area (Å²) in [5, 5.41) is 22.4. The molecule has 0 aliphatic rings. The molecule has 1 unspecified atom stereocenters. The summed E-state index contributed by atoms with van der Waals surface area (Å²) in [6.45, 7) is 2.43. The predicted molar refractivity (Wildman–Crippen MR) is 60.3 cm³/mol. The summed E-state index contributed by atoms with van der Waals surface area (Å²) in [6, 6.07) is 2.98. The van der Waals surface area contributed by atoms with Crippen LogP contribution in [0.15, 0.2) is 18.3 Å². The van der Waals surface area contributed by atoms with Gasteiger partial charge >= 0.3 is 0 Å². The Morgan fingerprint density at radius 2 is 2.38 bits per heavy atom. The van der Waals surface area contributed by atoms with Crippen LogP contribution < -0.4 is 5.32 Å². The molecule has 1 aromatic heterocycles. The van der Waals surface area contributed by atoms with Crippen molar-refractivity contribution < 1.29 is 10.0 Å². The summed E-state index contributed by atoms with van der Waals surface area (Å²) >= 11 is 0. The molecule has 0 bridgehead atoms. The van der Waals surface area contributed by atoms with Gasteiger partial charge in [-0.25, -0.2) is 4.98 Å². The third-order valence-electron chi connectivity index (χ3n) is 2.06. The van der Waals surface area contributed by atoms with E-state index >= 15 is 0 Å². The van der Waals surface area contributed by atoms with Crippen LogP contribution in [0.2, 0.25) is 0 Å². The van der Waals surface area contributed by atoms with Crippen LogP contribution in [0.3, 0.4) is 0 Å². The van der Waals surface area contributed by atoms with Gasteiger partial charge < -0.3 is 10.4 Å². The highest BCUT2D eigenvalue weighted by Crippen LogP contribution is 2.11. The molecular formula is C10H15N3O3. The van der Waals surface area contributed by atoms with E-state index in [1.807, 2.05) is 0 Å². The SMILES string of the molecule is CC(O)CCCNc1ccc([N+](=O)[O-])cn1. The summed E-state index contributed by atoms with van der Waals surface area (Å²) in [4.78, 5) is 13.8. The summed E-state index contributed by atoms with van der Waals surface area (Å²) in [5.41, 5.74) is -0.0190. The fraction of sp³-hybridized carbons (Fsp3) is 0.500. The van der Waals surface area contributed by atoms with Gasteiger partial charge in [0.25, 0.3) is 5.69 Å². The van der Waals surface area contributed by atoms with Crippen molar-refractivity contribution in [2.45, 2.75) is 25.9 Å². The number of rotatable bonds is 6. The van der Waals surface area contributed by atoms with E-state index in [1.165, 1.54) is 12.3 Å². The number of hydrogen-bond acceptors (Lipinski definition) is 5. The second-order valence-corrected chi connectivity index (χ2v) is 3.58. The summed E-state index contributed by atoms with van der Waals surface area (Å²) in [7, 11) is 0. The molecule has 1 heterocycles. The average molecular weight is 225 g/mol. The van der Waals surface area contributed by atoms with Crippen molar-refractivity contribution >= 4 is 11.5 Å². The molecule has 0 fully saturated rings. The molecular weight excluding hydrogens is 210 g/mol. The first-order chi connectivity index (χ1) is 7.59. The largest absolute Gasteiger partial charge is 0.393 e. The Labute approximate surface area is 93.5 Å². The monoisotopic (exact) mass is 225 g/mol. The van der Waals surface area contributed by atoms with E-state index in [0.717, 1.165) is 12.8 Å². The van der Waals surface area contributed by atoms with Gasteiger partial charge in [0, 0.05) is 12.6 Å². The maximum atomic E-state index is 10.4. The number of anilines is 1. The van der Waals surface area contributed by atoms with Gasteiger partial charge in [0.2, 0.25) is 0 Å². The Balaban J connectivity index is 2.35. The van der Waals surface area contributed by atoms with Crippen LogP contribution in [0, 0.1) is 10.1 Å². The lowest BCUT2D eigenvalue weighted by Crippen LogP contribution is -2.07. The highest BCUT2D eigenvalue weighted by molar-refractivity contribution is 5.39. The van der Waals surface area contributed by atoms with Gasteiger partial charge in [-0.3, -0.25) is 10.1 Å². The van der Waals surface area contributed by atoms with Crippen LogP contribution in [-0.2, 0) is 0 Å². The van der Waals surface area contributed by atoms with Crippen molar-refractivity contribution in [2.75, 3.05) is 11.9 Å². The number of nitrogens with zero attached hydrogens (tertiary/aromatic N) is 2. The van der Waals surface area contributed by atoms with E-state index in [2.05, 4.69) is 10.3 Å². The van der Waals surface area contributed by atoms with Gasteiger partial charge in [-0.1, -0.05) is 0 Å². The molecule has 1 atom stereocenters. The molecule has 0 aliphatic carbocycles. The normalized spacial score (nSPS) is 12.1. The first kappa shape index (κ1) is 12.4. The van der Waals surface area contributed by atoms with Gasteiger partial charge in [-0.05, 0) is 25.8 Å². The van der Waals surface area contributed by atoms with Crippen LogP contribution in [0.5, 0.6) is 0 Å². The van der Waals surface area contributed by atoms with Gasteiger partial charge in [-0.2, -0.15) is 0 Å². The smallest absolute Gasteiger partial charge is 0.287 e. The van der Waals surface area contributed by atoms with Crippen LogP contribution in [0.25, 0.3) is 0 Å². The Morgan fingerprint density at radius 1 is 1.62 bits per heavy atom. The van der Waals surface area contributed by atoms with E-state index in [9.17, 15) is 10.1 Å². The highest BCUT2D eigenvalue weighted by atomic mass is 16.6. The van der Waals surface area contributed by atoms with Crippen LogP contribution >= 0.6 is 0 Å². The molecule has 88 valence electrons. The van der Waals surface area contributed by atoms with Crippen molar-refractivity contribution in [1.82, 2.24) is 4.98 Å². The quantitative estimate of drug-likeness (QED) is 0.435. The second-order valence-electron chi connectivity index (χ2n) is 3.58. The zero-order valence-corrected chi connectivity index (χ0v) is 9.09. The molecule has 6 nitrogen and oxygen atoms in total. The minimum Gasteiger partial charge on any atom is -0.393 e. The molecule has 0 amide bonds. The van der Waals surface area contributed by atoms with E-state index in [0.29, 0.717) is 12.4 Å². The van der Waals surface area contributed by atoms with Gasteiger partial charge in [0.1, 0.15) is 12.0 Å². The zero-order valence-electron chi connectivity index (χ0n) is 9.09. The molecule has 0 aromatic carbocycles. The van der Waals surface area contributed by atoms with Crippen molar-refractivity contribution in [3.05, 3.63) is 28.4 Å². The number of aliphatic hydroxyl groups is 1. The Bertz CT molecular complexity index is 338.